The van der Waals surface area contributed by atoms with Crippen molar-refractivity contribution in [3.8, 4) is 11.3 Å². The van der Waals surface area contributed by atoms with Gasteiger partial charge < -0.3 is 16.6 Å². The molecule has 8 nitrogen and oxygen atoms in total. The SMILES string of the molecule is CC(C(N)=O)n1nnc(C(=O)O)c1-c1ccc(N)cc1. The van der Waals surface area contributed by atoms with Gasteiger partial charge in [-0.25, -0.2) is 9.48 Å². The lowest BCUT2D eigenvalue weighted by Crippen LogP contribution is -2.25. The number of nitrogen functional groups attached to an aromatic ring is 1. The molecule has 1 atom stereocenters. The number of aromatic nitrogens is 3. The lowest BCUT2D eigenvalue weighted by atomic mass is 10.1. The van der Waals surface area contributed by atoms with Crippen molar-refractivity contribution in [1.82, 2.24) is 15.0 Å². The summed E-state index contributed by atoms with van der Waals surface area (Å²) in [5, 5.41) is 16.5. The predicted molar refractivity (Wildman–Crippen MR) is 70.7 cm³/mol. The van der Waals surface area contributed by atoms with Crippen LogP contribution in [0.1, 0.15) is 23.5 Å². The Morgan fingerprint density at radius 3 is 2.40 bits per heavy atom. The fourth-order valence-electron chi connectivity index (χ4n) is 1.74. The van der Waals surface area contributed by atoms with Crippen LogP contribution in [0.15, 0.2) is 24.3 Å². The van der Waals surface area contributed by atoms with E-state index in [1.165, 1.54) is 11.6 Å². The molecule has 0 spiro atoms. The highest BCUT2D eigenvalue weighted by Gasteiger charge is 2.25. The van der Waals surface area contributed by atoms with Gasteiger partial charge in [0.05, 0.1) is 0 Å². The van der Waals surface area contributed by atoms with Gasteiger partial charge in [0.15, 0.2) is 5.69 Å². The molecule has 0 fully saturated rings. The summed E-state index contributed by atoms with van der Waals surface area (Å²) >= 11 is 0. The van der Waals surface area contributed by atoms with E-state index in [9.17, 15) is 9.59 Å². The molecule has 2 rings (SSSR count). The summed E-state index contributed by atoms with van der Waals surface area (Å²) in [5.74, 6) is -1.87. The third-order valence-electron chi connectivity index (χ3n) is 2.86. The van der Waals surface area contributed by atoms with E-state index in [1.807, 2.05) is 0 Å². The molecule has 5 N–H and O–H groups in total. The van der Waals surface area contributed by atoms with Gasteiger partial charge in [-0.2, -0.15) is 0 Å². The Morgan fingerprint density at radius 1 is 1.30 bits per heavy atom. The van der Waals surface area contributed by atoms with Gasteiger partial charge in [0, 0.05) is 11.3 Å². The second-order valence-corrected chi connectivity index (χ2v) is 4.24. The van der Waals surface area contributed by atoms with Gasteiger partial charge in [0.2, 0.25) is 5.91 Å². The summed E-state index contributed by atoms with van der Waals surface area (Å²) in [6.45, 7) is 1.52. The maximum atomic E-state index is 11.3. The monoisotopic (exact) mass is 275 g/mol. The second kappa shape index (κ2) is 5.00. The van der Waals surface area contributed by atoms with Crippen LogP contribution in [0.4, 0.5) is 5.69 Å². The van der Waals surface area contributed by atoms with E-state index in [1.54, 1.807) is 24.3 Å². The Labute approximate surface area is 114 Å². The first-order chi connectivity index (χ1) is 9.41. The van der Waals surface area contributed by atoms with Crippen molar-refractivity contribution in [3.63, 3.8) is 0 Å². The van der Waals surface area contributed by atoms with E-state index in [-0.39, 0.29) is 11.4 Å². The van der Waals surface area contributed by atoms with E-state index in [0.717, 1.165) is 0 Å². The maximum Gasteiger partial charge on any atom is 0.358 e. The van der Waals surface area contributed by atoms with E-state index < -0.39 is 17.9 Å². The molecule has 0 aliphatic carbocycles. The zero-order valence-electron chi connectivity index (χ0n) is 10.6. The fraction of sp³-hybridized carbons (Fsp3) is 0.167. The second-order valence-electron chi connectivity index (χ2n) is 4.24. The minimum absolute atomic E-state index is 0.212. The first-order valence-corrected chi connectivity index (χ1v) is 5.75. The number of nitrogens with two attached hydrogens (primary N) is 2. The Hall–Kier alpha value is -2.90. The van der Waals surface area contributed by atoms with Gasteiger partial charge in [-0.15, -0.1) is 5.10 Å². The minimum Gasteiger partial charge on any atom is -0.476 e. The van der Waals surface area contributed by atoms with Crippen molar-refractivity contribution in [2.75, 3.05) is 5.73 Å². The normalized spacial score (nSPS) is 12.1. The Bertz CT molecular complexity index is 662. The molecular formula is C12H13N5O3. The van der Waals surface area contributed by atoms with Gasteiger partial charge in [0.25, 0.3) is 0 Å². The van der Waals surface area contributed by atoms with Crippen LogP contribution in [-0.4, -0.2) is 32.0 Å². The van der Waals surface area contributed by atoms with Crippen LogP contribution in [0.2, 0.25) is 0 Å². The molecule has 1 heterocycles. The van der Waals surface area contributed by atoms with E-state index in [0.29, 0.717) is 11.3 Å². The quantitative estimate of drug-likeness (QED) is 0.685. The predicted octanol–water partition coefficient (Wildman–Crippen LogP) is 0.272. The smallest absolute Gasteiger partial charge is 0.358 e. The fourth-order valence-corrected chi connectivity index (χ4v) is 1.74. The molecule has 1 unspecified atom stereocenters. The summed E-state index contributed by atoms with van der Waals surface area (Å²) < 4.78 is 1.19. The molecule has 1 aromatic carbocycles. The molecule has 0 aliphatic heterocycles. The number of rotatable bonds is 4. The zero-order valence-corrected chi connectivity index (χ0v) is 10.6. The van der Waals surface area contributed by atoms with E-state index in [4.69, 9.17) is 16.6 Å². The number of amides is 1. The standard InChI is InChI=1S/C12H13N5O3/c1-6(11(14)18)17-10(9(12(19)20)15-16-17)7-2-4-8(13)5-3-7/h2-6H,13H2,1H3,(H2,14,18)(H,19,20). The number of carboxylic acid groups (broad SMARTS) is 1. The first kappa shape index (κ1) is 13.5. The van der Waals surface area contributed by atoms with Gasteiger partial charge in [0.1, 0.15) is 11.7 Å². The number of carbonyl (C=O) groups excluding carboxylic acids is 1. The first-order valence-electron chi connectivity index (χ1n) is 5.75. The van der Waals surface area contributed by atoms with E-state index in [2.05, 4.69) is 10.3 Å². The molecule has 0 saturated carbocycles. The number of hydrogen-bond donors (Lipinski definition) is 3. The van der Waals surface area contributed by atoms with Crippen molar-refractivity contribution in [2.45, 2.75) is 13.0 Å². The van der Waals surface area contributed by atoms with Gasteiger partial charge in [-0.05, 0) is 19.1 Å². The van der Waals surface area contributed by atoms with Crippen LogP contribution < -0.4 is 11.5 Å². The Balaban J connectivity index is 2.64. The molecule has 1 amide bonds. The van der Waals surface area contributed by atoms with Crippen LogP contribution in [0.5, 0.6) is 0 Å². The average molecular weight is 275 g/mol. The number of nitrogens with zero attached hydrogens (tertiary/aromatic N) is 3. The van der Waals surface area contributed by atoms with Gasteiger partial charge in [-0.3, -0.25) is 4.79 Å². The lowest BCUT2D eigenvalue weighted by molar-refractivity contribution is -0.120. The molecule has 2 aromatic rings. The molecule has 0 radical (unpaired) electrons. The summed E-state index contributed by atoms with van der Waals surface area (Å²) in [6.07, 6.45) is 0. The van der Waals surface area contributed by atoms with Crippen LogP contribution in [0.3, 0.4) is 0 Å². The van der Waals surface area contributed by atoms with Crippen LogP contribution in [0, 0.1) is 0 Å². The topological polar surface area (TPSA) is 137 Å². The number of carboxylic acids is 1. The summed E-state index contributed by atoms with van der Waals surface area (Å²) in [6, 6.07) is 5.68. The number of benzene rings is 1. The third kappa shape index (κ3) is 2.30. The number of primary amides is 1. The summed E-state index contributed by atoms with van der Waals surface area (Å²) in [5.41, 5.74) is 11.9. The van der Waals surface area contributed by atoms with Crippen molar-refractivity contribution in [3.05, 3.63) is 30.0 Å². The molecule has 20 heavy (non-hydrogen) atoms. The highest BCUT2D eigenvalue weighted by atomic mass is 16.4. The molecule has 0 aliphatic rings. The Morgan fingerprint density at radius 2 is 1.90 bits per heavy atom. The number of anilines is 1. The molecule has 1 aromatic heterocycles. The van der Waals surface area contributed by atoms with Crippen molar-refractivity contribution in [2.24, 2.45) is 5.73 Å². The van der Waals surface area contributed by atoms with Crippen molar-refractivity contribution in [1.29, 1.82) is 0 Å². The highest BCUT2D eigenvalue weighted by molar-refractivity contribution is 5.93. The highest BCUT2D eigenvalue weighted by Crippen LogP contribution is 2.25. The third-order valence-corrected chi connectivity index (χ3v) is 2.86. The maximum absolute atomic E-state index is 11.3. The van der Waals surface area contributed by atoms with Gasteiger partial charge in [-0.1, -0.05) is 17.3 Å². The summed E-state index contributed by atoms with van der Waals surface area (Å²) in [7, 11) is 0. The molecule has 0 bridgehead atoms. The van der Waals surface area contributed by atoms with Crippen molar-refractivity contribution >= 4 is 17.6 Å². The number of aromatic carboxylic acids is 1. The summed E-state index contributed by atoms with van der Waals surface area (Å²) in [4.78, 5) is 22.5. The average Bonchev–Trinajstić information content (AvgIpc) is 2.83. The van der Waals surface area contributed by atoms with Crippen LogP contribution >= 0.6 is 0 Å². The number of hydrogen-bond acceptors (Lipinski definition) is 5. The van der Waals surface area contributed by atoms with Crippen LogP contribution in [-0.2, 0) is 4.79 Å². The molecule has 104 valence electrons. The zero-order chi connectivity index (χ0) is 14.9. The lowest BCUT2D eigenvalue weighted by Gasteiger charge is -2.11. The van der Waals surface area contributed by atoms with Crippen LogP contribution in [0.25, 0.3) is 11.3 Å². The molecule has 8 heteroatoms. The molecule has 0 saturated heterocycles. The molecular weight excluding hydrogens is 262 g/mol. The minimum atomic E-state index is -1.24. The van der Waals surface area contributed by atoms with Crippen molar-refractivity contribution < 1.29 is 14.7 Å². The van der Waals surface area contributed by atoms with Gasteiger partial charge >= 0.3 is 5.97 Å². The largest absolute Gasteiger partial charge is 0.476 e. The van der Waals surface area contributed by atoms with E-state index >= 15 is 0 Å². The Kier molecular flexibility index (Phi) is 3.38. The number of carbonyl (C=O) groups is 2.